The molecule has 0 N–H and O–H groups in total. The number of carbonyl (C=O) groups excluding carboxylic acids is 3. The van der Waals surface area contributed by atoms with E-state index in [1.165, 1.54) is 42.7 Å². The van der Waals surface area contributed by atoms with E-state index in [0.717, 1.165) is 25.7 Å². The molecular weight excluding hydrogens is 648 g/mol. The Hall–Kier alpha value is -3.79. The molecule has 2 atom stereocenters. The Morgan fingerprint density at radius 3 is 2.22 bits per heavy atom. The van der Waals surface area contributed by atoms with Crippen molar-refractivity contribution in [1.82, 2.24) is 0 Å². The summed E-state index contributed by atoms with van der Waals surface area (Å²) in [6, 6.07) is 7.01. The predicted molar refractivity (Wildman–Crippen MR) is 185 cm³/mol. The third-order valence-corrected chi connectivity index (χ3v) is 10.5. The van der Waals surface area contributed by atoms with Gasteiger partial charge in [0.2, 0.25) is 5.91 Å². The quantitative estimate of drug-likeness (QED) is 0.118. The molecule has 0 unspecified atom stereocenters. The molecule has 1 aliphatic heterocycles. The molecule has 1 saturated heterocycles. The molecule has 11 nitrogen and oxygen atoms in total. The molecule has 1 aromatic heterocycles. The minimum absolute atomic E-state index is 0.0527. The highest BCUT2D eigenvalue weighted by molar-refractivity contribution is 7.15. The number of esters is 2. The molecule has 5 rings (SSSR count). The lowest BCUT2D eigenvalue weighted by molar-refractivity contribution is -0.384. The number of amides is 1. The summed E-state index contributed by atoms with van der Waals surface area (Å²) in [5, 5.41) is 11.0. The predicted octanol–water partition coefficient (Wildman–Crippen LogP) is 6.95. The zero-order chi connectivity index (χ0) is 35.3. The largest absolute Gasteiger partial charge is 0.465 e. The van der Waals surface area contributed by atoms with Crippen molar-refractivity contribution < 1.29 is 38.3 Å². The lowest BCUT2D eigenvalue weighted by Gasteiger charge is -2.40. The van der Waals surface area contributed by atoms with Crippen LogP contribution in [0.3, 0.4) is 0 Å². The minimum atomic E-state index is -0.617. The summed E-state index contributed by atoms with van der Waals surface area (Å²) < 4.78 is 22.9. The van der Waals surface area contributed by atoms with Crippen molar-refractivity contribution in [2.45, 2.75) is 103 Å². The van der Waals surface area contributed by atoms with Crippen molar-refractivity contribution in [3.05, 3.63) is 55.8 Å². The van der Waals surface area contributed by atoms with Gasteiger partial charge in [0, 0.05) is 29.5 Å². The van der Waals surface area contributed by atoms with Crippen molar-refractivity contribution in [2.75, 3.05) is 25.2 Å². The first kappa shape index (κ1) is 36.5. The van der Waals surface area contributed by atoms with Gasteiger partial charge >= 0.3 is 11.9 Å². The number of nitro groups is 1. The van der Waals surface area contributed by atoms with E-state index < -0.39 is 29.1 Å². The van der Waals surface area contributed by atoms with Gasteiger partial charge in [0.25, 0.3) is 5.69 Å². The number of non-ortho nitro benzene ring substituents is 1. The molecule has 3 aliphatic rings. The summed E-state index contributed by atoms with van der Waals surface area (Å²) in [5.74, 6) is 5.92. The number of hydrogen-bond donors (Lipinski definition) is 0. The number of benzene rings is 1. The third-order valence-electron chi connectivity index (χ3n) is 9.43. The Kier molecular flexibility index (Phi) is 11.8. The van der Waals surface area contributed by atoms with E-state index in [2.05, 4.69) is 18.8 Å². The normalized spacial score (nSPS) is 25.5. The van der Waals surface area contributed by atoms with Crippen molar-refractivity contribution >= 4 is 40.6 Å². The molecule has 12 heteroatoms. The van der Waals surface area contributed by atoms with E-state index in [0.29, 0.717) is 47.0 Å². The Labute approximate surface area is 291 Å². The van der Waals surface area contributed by atoms with Crippen LogP contribution in [0.15, 0.2) is 30.3 Å². The van der Waals surface area contributed by atoms with Gasteiger partial charge in [-0.25, -0.2) is 9.59 Å². The fraction of sp³-hybridized carbons (Fsp3) is 0.595. The summed E-state index contributed by atoms with van der Waals surface area (Å²) in [6.07, 6.45) is 5.11. The molecular formula is C37H46N2O9S. The molecule has 2 aliphatic carbocycles. The van der Waals surface area contributed by atoms with Crippen LogP contribution in [-0.4, -0.2) is 67.4 Å². The molecule has 0 bridgehead atoms. The Morgan fingerprint density at radius 1 is 0.959 bits per heavy atom. The van der Waals surface area contributed by atoms with E-state index in [4.69, 9.17) is 18.9 Å². The number of carbonyl (C=O) groups is 3. The maximum atomic E-state index is 14.4. The van der Waals surface area contributed by atoms with Crippen molar-refractivity contribution in [3.63, 3.8) is 0 Å². The molecule has 0 spiro atoms. The van der Waals surface area contributed by atoms with Crippen molar-refractivity contribution in [3.8, 4) is 11.8 Å². The Balaban J connectivity index is 1.30. The summed E-state index contributed by atoms with van der Waals surface area (Å²) in [5.41, 5.74) is 0.447. The van der Waals surface area contributed by atoms with E-state index >= 15 is 0 Å². The van der Waals surface area contributed by atoms with Gasteiger partial charge in [-0.3, -0.25) is 14.9 Å². The van der Waals surface area contributed by atoms with Crippen LogP contribution >= 0.6 is 11.3 Å². The van der Waals surface area contributed by atoms with Crippen LogP contribution in [0.25, 0.3) is 0 Å². The SMILES string of the molecule is COC(=O)c1sc(C#CC(C)(C)C)cc1N(C(=O)C1CCC(C)CC1)C1CCC(O[C@H]2COC[C@@H]2OC(=O)c2ccc([N+](=O)[O-])cc2)CC1. The molecule has 49 heavy (non-hydrogen) atoms. The third kappa shape index (κ3) is 9.26. The smallest absolute Gasteiger partial charge is 0.350 e. The molecule has 3 fully saturated rings. The molecule has 0 radical (unpaired) electrons. The van der Waals surface area contributed by atoms with E-state index in [9.17, 15) is 24.5 Å². The van der Waals surface area contributed by atoms with Crippen molar-refractivity contribution in [2.24, 2.45) is 17.3 Å². The fourth-order valence-corrected chi connectivity index (χ4v) is 7.59. The van der Waals surface area contributed by atoms with Crippen LogP contribution in [0.1, 0.15) is 104 Å². The number of methoxy groups -OCH3 is 1. The molecule has 1 amide bonds. The summed E-state index contributed by atoms with van der Waals surface area (Å²) in [4.78, 5) is 53.7. The fourth-order valence-electron chi connectivity index (χ4n) is 6.67. The Bertz CT molecular complexity index is 1570. The second-order valence-corrected chi connectivity index (χ2v) is 15.4. The van der Waals surface area contributed by atoms with Gasteiger partial charge in [-0.1, -0.05) is 18.8 Å². The maximum absolute atomic E-state index is 14.4. The lowest BCUT2D eigenvalue weighted by atomic mass is 9.81. The zero-order valence-electron chi connectivity index (χ0n) is 28.9. The highest BCUT2D eigenvalue weighted by Crippen LogP contribution is 2.40. The first-order valence-corrected chi connectivity index (χ1v) is 17.9. The number of hydrogen-bond acceptors (Lipinski definition) is 10. The maximum Gasteiger partial charge on any atom is 0.350 e. The summed E-state index contributed by atoms with van der Waals surface area (Å²) >= 11 is 1.26. The van der Waals surface area contributed by atoms with Crippen LogP contribution in [-0.2, 0) is 23.7 Å². The number of thiophene rings is 1. The number of ether oxygens (including phenoxy) is 4. The number of anilines is 1. The molecule has 2 heterocycles. The van der Waals surface area contributed by atoms with Gasteiger partial charge in [0.15, 0.2) is 6.10 Å². The van der Waals surface area contributed by atoms with Crippen molar-refractivity contribution in [1.29, 1.82) is 0 Å². The van der Waals surface area contributed by atoms with Gasteiger partial charge in [-0.05, 0) is 96.3 Å². The molecule has 1 aromatic carbocycles. The lowest BCUT2D eigenvalue weighted by Crippen LogP contribution is -2.47. The van der Waals surface area contributed by atoms with Gasteiger partial charge in [0.05, 0.1) is 47.5 Å². The summed E-state index contributed by atoms with van der Waals surface area (Å²) in [6.45, 7) is 8.77. The molecule has 264 valence electrons. The average molecular weight is 695 g/mol. The molecule has 2 saturated carbocycles. The second kappa shape index (κ2) is 15.8. The van der Waals surface area contributed by atoms with Crippen LogP contribution in [0.4, 0.5) is 11.4 Å². The standard InChI is InChI=1S/C37H46N2O9S/c1-23-6-8-24(9-7-23)34(40)38(30-20-29(18-19-37(2,3)4)49-33(30)36(42)45-5)26-14-16-28(17-15-26)47-31-21-46-22-32(31)48-35(41)25-10-12-27(13-11-25)39(43)44/h10-13,20,23-24,26,28,31-32H,6-9,14-17,21-22H2,1-5H3/t23?,24?,26?,28?,31-,32-/m0/s1. The second-order valence-electron chi connectivity index (χ2n) is 14.4. The highest BCUT2D eigenvalue weighted by atomic mass is 32.1. The Morgan fingerprint density at radius 2 is 1.61 bits per heavy atom. The van der Waals surface area contributed by atoms with E-state index in [-0.39, 0.29) is 53.9 Å². The van der Waals surface area contributed by atoms with Crippen LogP contribution in [0.2, 0.25) is 0 Å². The average Bonchev–Trinajstić information content (AvgIpc) is 3.71. The topological polar surface area (TPSA) is 135 Å². The van der Waals surface area contributed by atoms with Gasteiger partial charge in [0.1, 0.15) is 11.0 Å². The first-order chi connectivity index (χ1) is 23.3. The van der Waals surface area contributed by atoms with E-state index in [1.807, 2.05) is 31.7 Å². The first-order valence-electron chi connectivity index (χ1n) is 17.1. The van der Waals surface area contributed by atoms with Gasteiger partial charge in [-0.15, -0.1) is 11.3 Å². The minimum Gasteiger partial charge on any atom is -0.465 e. The highest BCUT2D eigenvalue weighted by Gasteiger charge is 2.40. The number of rotatable bonds is 9. The molecule has 2 aromatic rings. The van der Waals surface area contributed by atoms with Crippen LogP contribution < -0.4 is 4.90 Å². The number of nitro benzene ring substituents is 1. The van der Waals surface area contributed by atoms with Crippen LogP contribution in [0, 0.1) is 39.2 Å². The monoisotopic (exact) mass is 694 g/mol. The van der Waals surface area contributed by atoms with E-state index in [1.54, 1.807) is 0 Å². The van der Waals surface area contributed by atoms with Gasteiger partial charge in [-0.2, -0.15) is 0 Å². The number of nitrogens with zero attached hydrogens (tertiary/aromatic N) is 2. The zero-order valence-corrected chi connectivity index (χ0v) is 29.7. The summed E-state index contributed by atoms with van der Waals surface area (Å²) in [7, 11) is 1.35. The van der Waals surface area contributed by atoms with Crippen LogP contribution in [0.5, 0.6) is 0 Å². The van der Waals surface area contributed by atoms with Gasteiger partial charge < -0.3 is 23.8 Å².